The zero-order chi connectivity index (χ0) is 13.8. The van der Waals surface area contributed by atoms with Gasteiger partial charge in [0, 0.05) is 23.7 Å². The summed E-state index contributed by atoms with van der Waals surface area (Å²) >= 11 is 0. The summed E-state index contributed by atoms with van der Waals surface area (Å²) in [6.45, 7) is 4.77. The first-order valence-electron chi connectivity index (χ1n) is 6.75. The van der Waals surface area contributed by atoms with Crippen LogP contribution in [0, 0.1) is 11.8 Å². The van der Waals surface area contributed by atoms with Gasteiger partial charge in [0.2, 0.25) is 5.91 Å². The quantitative estimate of drug-likeness (QED) is 0.854. The maximum Gasteiger partial charge on any atom is 0.251 e. The first-order chi connectivity index (χ1) is 9.06. The Morgan fingerprint density at radius 3 is 2.37 bits per heavy atom. The molecular formula is C15H20N2O2. The van der Waals surface area contributed by atoms with Crippen molar-refractivity contribution in [1.82, 2.24) is 5.32 Å². The second-order valence-electron chi connectivity index (χ2n) is 5.44. The Hall–Kier alpha value is -1.84. The van der Waals surface area contributed by atoms with Crippen LogP contribution in [0.25, 0.3) is 0 Å². The van der Waals surface area contributed by atoms with Gasteiger partial charge in [0.15, 0.2) is 0 Å². The maximum absolute atomic E-state index is 11.8. The molecule has 1 aliphatic carbocycles. The molecule has 1 saturated carbocycles. The molecule has 1 aromatic rings. The zero-order valence-electron chi connectivity index (χ0n) is 11.4. The van der Waals surface area contributed by atoms with Crippen LogP contribution in [-0.4, -0.2) is 18.4 Å². The topological polar surface area (TPSA) is 58.2 Å². The van der Waals surface area contributed by atoms with Crippen LogP contribution in [0.4, 0.5) is 5.69 Å². The van der Waals surface area contributed by atoms with E-state index in [0.717, 1.165) is 18.5 Å². The lowest BCUT2D eigenvalue weighted by Crippen LogP contribution is -2.27. The molecule has 1 aliphatic rings. The predicted molar refractivity (Wildman–Crippen MR) is 75.0 cm³/mol. The fourth-order valence-electron chi connectivity index (χ4n) is 1.69. The molecule has 0 spiro atoms. The van der Waals surface area contributed by atoms with Crippen LogP contribution in [0.2, 0.25) is 0 Å². The summed E-state index contributed by atoms with van der Waals surface area (Å²) in [6, 6.07) is 7.01. The SMILES string of the molecule is CC(C)CNC(=O)c1ccc(NC(=O)C2CC2)cc1. The summed E-state index contributed by atoms with van der Waals surface area (Å²) in [7, 11) is 0. The average Bonchev–Trinajstić information content (AvgIpc) is 3.21. The number of carbonyl (C=O) groups is 2. The van der Waals surface area contributed by atoms with E-state index in [1.54, 1.807) is 24.3 Å². The second-order valence-corrected chi connectivity index (χ2v) is 5.44. The van der Waals surface area contributed by atoms with E-state index in [1.807, 2.05) is 0 Å². The van der Waals surface area contributed by atoms with Gasteiger partial charge in [-0.3, -0.25) is 9.59 Å². The van der Waals surface area contributed by atoms with Gasteiger partial charge in [0.1, 0.15) is 0 Å². The van der Waals surface area contributed by atoms with Crippen molar-refractivity contribution in [3.63, 3.8) is 0 Å². The Morgan fingerprint density at radius 1 is 1.21 bits per heavy atom. The van der Waals surface area contributed by atoms with Crippen LogP contribution in [0.1, 0.15) is 37.0 Å². The first kappa shape index (κ1) is 13.6. The van der Waals surface area contributed by atoms with Crippen molar-refractivity contribution in [3.8, 4) is 0 Å². The van der Waals surface area contributed by atoms with Crippen molar-refractivity contribution in [2.45, 2.75) is 26.7 Å². The van der Waals surface area contributed by atoms with E-state index in [4.69, 9.17) is 0 Å². The molecule has 1 aromatic carbocycles. The van der Waals surface area contributed by atoms with E-state index >= 15 is 0 Å². The molecular weight excluding hydrogens is 240 g/mol. The van der Waals surface area contributed by atoms with Crippen LogP contribution >= 0.6 is 0 Å². The molecule has 0 aromatic heterocycles. The number of carbonyl (C=O) groups excluding carboxylic acids is 2. The molecule has 0 radical (unpaired) electrons. The fourth-order valence-corrected chi connectivity index (χ4v) is 1.69. The van der Waals surface area contributed by atoms with Gasteiger partial charge in [0.05, 0.1) is 0 Å². The van der Waals surface area contributed by atoms with Gasteiger partial charge >= 0.3 is 0 Å². The minimum absolute atomic E-state index is 0.0752. The monoisotopic (exact) mass is 260 g/mol. The summed E-state index contributed by atoms with van der Waals surface area (Å²) < 4.78 is 0. The third-order valence-electron chi connectivity index (χ3n) is 3.03. The Bertz CT molecular complexity index is 462. The highest BCUT2D eigenvalue weighted by Crippen LogP contribution is 2.30. The molecule has 19 heavy (non-hydrogen) atoms. The van der Waals surface area contributed by atoms with Crippen molar-refractivity contribution in [2.75, 3.05) is 11.9 Å². The van der Waals surface area contributed by atoms with Gasteiger partial charge in [-0.05, 0) is 43.0 Å². The lowest BCUT2D eigenvalue weighted by molar-refractivity contribution is -0.117. The third-order valence-corrected chi connectivity index (χ3v) is 3.03. The van der Waals surface area contributed by atoms with Crippen molar-refractivity contribution < 1.29 is 9.59 Å². The standard InChI is InChI=1S/C15H20N2O2/c1-10(2)9-16-14(18)11-5-7-13(8-6-11)17-15(19)12-3-4-12/h5-8,10,12H,3-4,9H2,1-2H3,(H,16,18)(H,17,19). The van der Waals surface area contributed by atoms with Crippen LogP contribution < -0.4 is 10.6 Å². The molecule has 2 rings (SSSR count). The second kappa shape index (κ2) is 5.87. The molecule has 0 unspecified atom stereocenters. The highest BCUT2D eigenvalue weighted by molar-refractivity contribution is 5.96. The van der Waals surface area contributed by atoms with E-state index < -0.39 is 0 Å². The minimum atomic E-state index is -0.0752. The third kappa shape index (κ3) is 4.09. The Labute approximate surface area is 113 Å². The van der Waals surface area contributed by atoms with Gasteiger partial charge in [-0.2, -0.15) is 0 Å². The Kier molecular flexibility index (Phi) is 4.20. The highest BCUT2D eigenvalue weighted by atomic mass is 16.2. The minimum Gasteiger partial charge on any atom is -0.352 e. The van der Waals surface area contributed by atoms with Gasteiger partial charge < -0.3 is 10.6 Å². The lowest BCUT2D eigenvalue weighted by Gasteiger charge is -2.08. The lowest BCUT2D eigenvalue weighted by atomic mass is 10.1. The van der Waals surface area contributed by atoms with Crippen LogP contribution in [0.15, 0.2) is 24.3 Å². The fraction of sp³-hybridized carbons (Fsp3) is 0.467. The molecule has 1 fully saturated rings. The largest absolute Gasteiger partial charge is 0.352 e. The van der Waals surface area contributed by atoms with E-state index in [-0.39, 0.29) is 17.7 Å². The van der Waals surface area contributed by atoms with Crippen molar-refractivity contribution in [2.24, 2.45) is 11.8 Å². The van der Waals surface area contributed by atoms with E-state index in [2.05, 4.69) is 24.5 Å². The maximum atomic E-state index is 11.8. The van der Waals surface area contributed by atoms with Gasteiger partial charge in [-0.15, -0.1) is 0 Å². The number of amides is 2. The van der Waals surface area contributed by atoms with Gasteiger partial charge in [0.25, 0.3) is 5.91 Å². The molecule has 2 amide bonds. The zero-order valence-corrected chi connectivity index (χ0v) is 11.4. The molecule has 0 saturated heterocycles. The molecule has 0 heterocycles. The molecule has 4 nitrogen and oxygen atoms in total. The van der Waals surface area contributed by atoms with Crippen molar-refractivity contribution in [1.29, 1.82) is 0 Å². The number of hydrogen-bond acceptors (Lipinski definition) is 2. The Morgan fingerprint density at radius 2 is 1.84 bits per heavy atom. The van der Waals surface area contributed by atoms with E-state index in [9.17, 15) is 9.59 Å². The summed E-state index contributed by atoms with van der Waals surface area (Å²) in [5.41, 5.74) is 1.36. The number of benzene rings is 1. The predicted octanol–water partition coefficient (Wildman–Crippen LogP) is 2.42. The number of rotatable bonds is 5. The molecule has 0 bridgehead atoms. The van der Waals surface area contributed by atoms with Crippen LogP contribution in [0.5, 0.6) is 0 Å². The van der Waals surface area contributed by atoms with Crippen molar-refractivity contribution in [3.05, 3.63) is 29.8 Å². The highest BCUT2D eigenvalue weighted by Gasteiger charge is 2.29. The molecule has 0 aliphatic heterocycles. The smallest absolute Gasteiger partial charge is 0.251 e. The normalized spacial score (nSPS) is 14.3. The summed E-state index contributed by atoms with van der Waals surface area (Å²) in [6.07, 6.45) is 1.98. The molecule has 102 valence electrons. The summed E-state index contributed by atoms with van der Waals surface area (Å²) in [5, 5.41) is 5.71. The summed E-state index contributed by atoms with van der Waals surface area (Å²) in [4.78, 5) is 23.4. The average molecular weight is 260 g/mol. The van der Waals surface area contributed by atoms with Crippen LogP contribution in [0.3, 0.4) is 0 Å². The molecule has 0 atom stereocenters. The number of nitrogens with one attached hydrogen (secondary N) is 2. The number of anilines is 1. The van der Waals surface area contributed by atoms with Crippen LogP contribution in [-0.2, 0) is 4.79 Å². The van der Waals surface area contributed by atoms with Gasteiger partial charge in [-0.1, -0.05) is 13.8 Å². The molecule has 2 N–H and O–H groups in total. The first-order valence-corrected chi connectivity index (χ1v) is 6.75. The summed E-state index contributed by atoms with van der Waals surface area (Å²) in [5.74, 6) is 0.626. The number of hydrogen-bond donors (Lipinski definition) is 2. The van der Waals surface area contributed by atoms with E-state index in [1.165, 1.54) is 0 Å². The van der Waals surface area contributed by atoms with Crippen molar-refractivity contribution >= 4 is 17.5 Å². The van der Waals surface area contributed by atoms with Gasteiger partial charge in [-0.25, -0.2) is 0 Å². The van der Waals surface area contributed by atoms with E-state index in [0.29, 0.717) is 18.0 Å². The molecule has 4 heteroatoms. The Balaban J connectivity index is 1.89.